The molecule has 3 atom stereocenters. The standard InChI is InChI=1S/C20H29BrN4O/c1-25-10-6-4-2-3-5-9-20-11-15(22-16(20)12-20)19(26)24-18-14(13-25)7-8-17(21)23-18/h7-8,15-16,22H,2-6,9-13H2,1H3,(H,23,24,26)/t15-,16+,20-/m0/s1. The predicted octanol–water partition coefficient (Wildman–Crippen LogP) is 3.69. The molecule has 1 saturated carbocycles. The number of carbonyl (C=O) groups is 1. The van der Waals surface area contributed by atoms with Gasteiger partial charge in [-0.3, -0.25) is 4.79 Å². The Balaban J connectivity index is 1.53. The van der Waals surface area contributed by atoms with Gasteiger partial charge in [0.15, 0.2) is 0 Å². The normalized spacial score (nSPS) is 33.2. The van der Waals surface area contributed by atoms with Crippen molar-refractivity contribution in [3.05, 3.63) is 22.3 Å². The molecule has 2 aliphatic heterocycles. The van der Waals surface area contributed by atoms with Crippen LogP contribution in [0.2, 0.25) is 0 Å². The highest BCUT2D eigenvalue weighted by atomic mass is 79.9. The first-order valence-electron chi connectivity index (χ1n) is 9.97. The molecule has 0 radical (unpaired) electrons. The summed E-state index contributed by atoms with van der Waals surface area (Å²) in [7, 11) is 2.15. The Morgan fingerprint density at radius 1 is 1.19 bits per heavy atom. The minimum absolute atomic E-state index is 0.0678. The fourth-order valence-corrected chi connectivity index (χ4v) is 5.04. The number of hydrogen-bond acceptors (Lipinski definition) is 4. The van der Waals surface area contributed by atoms with Crippen LogP contribution in [0.4, 0.5) is 5.82 Å². The lowest BCUT2D eigenvalue weighted by Crippen LogP contribution is -2.38. The van der Waals surface area contributed by atoms with Crippen molar-refractivity contribution < 1.29 is 4.79 Å². The van der Waals surface area contributed by atoms with Crippen LogP contribution in [0.5, 0.6) is 0 Å². The van der Waals surface area contributed by atoms with Crippen molar-refractivity contribution in [2.24, 2.45) is 5.41 Å². The number of rotatable bonds is 0. The fourth-order valence-electron chi connectivity index (χ4n) is 4.73. The Labute approximate surface area is 164 Å². The Morgan fingerprint density at radius 3 is 2.88 bits per heavy atom. The molecule has 0 aromatic carbocycles. The van der Waals surface area contributed by atoms with Gasteiger partial charge < -0.3 is 15.5 Å². The van der Waals surface area contributed by atoms with Gasteiger partial charge >= 0.3 is 0 Å². The number of halogens is 1. The van der Waals surface area contributed by atoms with E-state index in [0.29, 0.717) is 17.3 Å². The van der Waals surface area contributed by atoms with E-state index in [1.165, 1.54) is 44.9 Å². The largest absolute Gasteiger partial charge is 0.309 e. The van der Waals surface area contributed by atoms with Crippen molar-refractivity contribution in [1.29, 1.82) is 0 Å². The summed E-state index contributed by atoms with van der Waals surface area (Å²) in [6.45, 7) is 1.89. The van der Waals surface area contributed by atoms with Gasteiger partial charge in [0.25, 0.3) is 0 Å². The summed E-state index contributed by atoms with van der Waals surface area (Å²) in [5.74, 6) is 0.762. The Morgan fingerprint density at radius 2 is 2.00 bits per heavy atom. The number of hydrogen-bond donors (Lipinski definition) is 2. The van der Waals surface area contributed by atoms with Gasteiger partial charge in [0.05, 0.1) is 6.04 Å². The van der Waals surface area contributed by atoms with Crippen molar-refractivity contribution in [2.75, 3.05) is 18.9 Å². The summed E-state index contributed by atoms with van der Waals surface area (Å²) >= 11 is 3.44. The molecule has 26 heavy (non-hydrogen) atoms. The highest BCUT2D eigenvalue weighted by molar-refractivity contribution is 9.10. The minimum Gasteiger partial charge on any atom is -0.309 e. The van der Waals surface area contributed by atoms with Crippen LogP contribution in [-0.4, -0.2) is 41.5 Å². The zero-order valence-corrected chi connectivity index (χ0v) is 17.1. The smallest absolute Gasteiger partial charge is 0.242 e. The van der Waals surface area contributed by atoms with E-state index in [0.717, 1.165) is 29.7 Å². The lowest BCUT2D eigenvalue weighted by Gasteiger charge is -2.21. The lowest BCUT2D eigenvalue weighted by atomic mass is 9.92. The van der Waals surface area contributed by atoms with Gasteiger partial charge in [-0.25, -0.2) is 4.98 Å². The van der Waals surface area contributed by atoms with Crippen LogP contribution in [0.15, 0.2) is 16.7 Å². The zero-order valence-electron chi connectivity index (χ0n) is 15.6. The number of amides is 1. The Kier molecular flexibility index (Phi) is 5.35. The van der Waals surface area contributed by atoms with E-state index in [1.54, 1.807) is 0 Å². The third-order valence-electron chi connectivity index (χ3n) is 6.36. The first kappa shape index (κ1) is 18.4. The van der Waals surface area contributed by atoms with Crippen molar-refractivity contribution in [3.8, 4) is 0 Å². The van der Waals surface area contributed by atoms with E-state index in [4.69, 9.17) is 0 Å². The van der Waals surface area contributed by atoms with Crippen molar-refractivity contribution in [3.63, 3.8) is 0 Å². The molecule has 1 aromatic rings. The second kappa shape index (κ2) is 7.56. The van der Waals surface area contributed by atoms with E-state index < -0.39 is 0 Å². The number of pyridine rings is 1. The second-order valence-corrected chi connectivity index (χ2v) is 9.24. The molecular weight excluding hydrogens is 392 g/mol. The monoisotopic (exact) mass is 420 g/mol. The maximum Gasteiger partial charge on any atom is 0.242 e. The van der Waals surface area contributed by atoms with Gasteiger partial charge in [0.1, 0.15) is 10.4 Å². The molecule has 0 unspecified atom stereocenters. The molecule has 3 aliphatic rings. The Hall–Kier alpha value is -0.980. The third kappa shape index (κ3) is 3.97. The highest BCUT2D eigenvalue weighted by Gasteiger charge is 2.60. The summed E-state index contributed by atoms with van der Waals surface area (Å²) in [6, 6.07) is 4.49. The lowest BCUT2D eigenvalue weighted by molar-refractivity contribution is -0.118. The topological polar surface area (TPSA) is 57.3 Å². The molecule has 2 N–H and O–H groups in total. The molecule has 1 aliphatic carbocycles. The number of nitrogens with one attached hydrogen (secondary N) is 2. The maximum atomic E-state index is 12.8. The first-order valence-corrected chi connectivity index (χ1v) is 10.8. The number of fused-ring (bicyclic) bond motifs is 2. The SMILES string of the molecule is CN1CCCCCCC[C@@]23C[C@H](N[C@@H]2C3)C(=O)Nc2nc(Br)ccc2C1. The summed E-state index contributed by atoms with van der Waals surface area (Å²) in [6.07, 6.45) is 10.0. The summed E-state index contributed by atoms with van der Waals surface area (Å²) in [4.78, 5) is 19.7. The number of piperidine rings is 1. The molecule has 142 valence electrons. The number of nitrogens with zero attached hydrogens (tertiary/aromatic N) is 2. The molecule has 1 spiro atoms. The molecule has 5 nitrogen and oxygen atoms in total. The Bertz CT molecular complexity index is 682. The summed E-state index contributed by atoms with van der Waals surface area (Å²) in [5, 5.41) is 6.65. The minimum atomic E-state index is -0.0759. The van der Waals surface area contributed by atoms with Gasteiger partial charge in [-0.1, -0.05) is 31.7 Å². The van der Waals surface area contributed by atoms with Gasteiger partial charge in [-0.05, 0) is 66.7 Å². The third-order valence-corrected chi connectivity index (χ3v) is 6.80. The van der Waals surface area contributed by atoms with E-state index in [9.17, 15) is 4.79 Å². The maximum absolute atomic E-state index is 12.8. The zero-order chi connectivity index (χ0) is 18.1. The number of anilines is 1. The van der Waals surface area contributed by atoms with E-state index in [1.807, 2.05) is 6.07 Å². The molecule has 4 rings (SSSR count). The first-order chi connectivity index (χ1) is 12.6. The average Bonchev–Trinajstić information content (AvgIpc) is 3.15. The molecule has 2 fully saturated rings. The number of aromatic nitrogens is 1. The fraction of sp³-hybridized carbons (Fsp3) is 0.700. The van der Waals surface area contributed by atoms with E-state index in [2.05, 4.69) is 49.6 Å². The molecule has 3 heterocycles. The number of carbonyl (C=O) groups excluding carboxylic acids is 1. The van der Waals surface area contributed by atoms with Crippen LogP contribution < -0.4 is 10.6 Å². The second-order valence-electron chi connectivity index (χ2n) is 8.43. The van der Waals surface area contributed by atoms with Crippen LogP contribution in [0.1, 0.15) is 56.9 Å². The van der Waals surface area contributed by atoms with Crippen molar-refractivity contribution in [2.45, 2.75) is 70.0 Å². The quantitative estimate of drug-likeness (QED) is 0.628. The summed E-state index contributed by atoms with van der Waals surface area (Å²) < 4.78 is 0.757. The molecule has 1 amide bonds. The van der Waals surface area contributed by atoms with Gasteiger partial charge in [-0.15, -0.1) is 0 Å². The van der Waals surface area contributed by atoms with Gasteiger partial charge in [0.2, 0.25) is 5.91 Å². The average molecular weight is 421 g/mol. The van der Waals surface area contributed by atoms with E-state index in [-0.39, 0.29) is 11.9 Å². The van der Waals surface area contributed by atoms with Crippen LogP contribution in [-0.2, 0) is 11.3 Å². The van der Waals surface area contributed by atoms with Crippen molar-refractivity contribution in [1.82, 2.24) is 15.2 Å². The molecule has 1 aromatic heterocycles. The van der Waals surface area contributed by atoms with E-state index >= 15 is 0 Å². The molecule has 6 heteroatoms. The van der Waals surface area contributed by atoms with Crippen LogP contribution in [0.3, 0.4) is 0 Å². The predicted molar refractivity (Wildman–Crippen MR) is 107 cm³/mol. The van der Waals surface area contributed by atoms with Crippen LogP contribution >= 0.6 is 15.9 Å². The molecular formula is C20H29BrN4O. The van der Waals surface area contributed by atoms with Crippen LogP contribution in [0, 0.1) is 5.41 Å². The van der Waals surface area contributed by atoms with Gasteiger partial charge in [0, 0.05) is 18.2 Å². The van der Waals surface area contributed by atoms with Gasteiger partial charge in [-0.2, -0.15) is 0 Å². The van der Waals surface area contributed by atoms with Crippen molar-refractivity contribution >= 4 is 27.7 Å². The summed E-state index contributed by atoms with van der Waals surface area (Å²) in [5.41, 5.74) is 1.47. The van der Waals surface area contributed by atoms with Crippen LogP contribution in [0.25, 0.3) is 0 Å². The molecule has 2 bridgehead atoms. The molecule has 1 saturated heterocycles. The highest BCUT2D eigenvalue weighted by Crippen LogP contribution is 2.57.